The molecule has 0 aromatic heterocycles. The molecule has 68 valence electrons. The Bertz CT molecular complexity index is 208. The summed E-state index contributed by atoms with van der Waals surface area (Å²) in [6, 6.07) is 0. The van der Waals surface area contributed by atoms with E-state index in [1.807, 2.05) is 20.8 Å². The summed E-state index contributed by atoms with van der Waals surface area (Å²) in [6.07, 6.45) is 3.48. The summed E-state index contributed by atoms with van der Waals surface area (Å²) < 4.78 is 4.88. The van der Waals surface area contributed by atoms with Crippen LogP contribution in [0.5, 0.6) is 0 Å². The molecule has 0 fully saturated rings. The molecule has 0 aromatic carbocycles. The van der Waals surface area contributed by atoms with Gasteiger partial charge in [-0.15, -0.1) is 5.73 Å². The Morgan fingerprint density at radius 2 is 2.17 bits per heavy atom. The van der Waals surface area contributed by atoms with Gasteiger partial charge in [-0.1, -0.05) is 0 Å². The zero-order chi connectivity index (χ0) is 9.61. The van der Waals surface area contributed by atoms with Crippen LogP contribution >= 0.6 is 0 Å². The van der Waals surface area contributed by atoms with Crippen LogP contribution in [0.1, 0.15) is 27.7 Å². The molecule has 0 saturated carbocycles. The molecule has 2 heteroatoms. The maximum absolute atomic E-state index is 11.3. The first kappa shape index (κ1) is 11.0. The predicted octanol–water partition coefficient (Wildman–Crippen LogP) is 2.31. The molecule has 0 unspecified atom stereocenters. The Labute approximate surface area is 73.9 Å². The Morgan fingerprint density at radius 1 is 1.58 bits per heavy atom. The minimum atomic E-state index is -0.567. The van der Waals surface area contributed by atoms with Gasteiger partial charge in [0.05, 0.1) is 12.0 Å². The second-order valence-corrected chi connectivity index (χ2v) is 3.04. The van der Waals surface area contributed by atoms with E-state index in [0.29, 0.717) is 6.61 Å². The third-order valence-corrected chi connectivity index (χ3v) is 1.41. The maximum atomic E-state index is 11.3. The van der Waals surface area contributed by atoms with E-state index in [-0.39, 0.29) is 5.97 Å². The van der Waals surface area contributed by atoms with E-state index < -0.39 is 5.41 Å². The molecule has 0 heterocycles. The van der Waals surface area contributed by atoms with Crippen molar-refractivity contribution in [2.45, 2.75) is 27.7 Å². The summed E-state index contributed by atoms with van der Waals surface area (Å²) in [5.41, 5.74) is 2.31. The van der Waals surface area contributed by atoms with Crippen LogP contribution in [0.15, 0.2) is 17.9 Å². The number of carbonyl (C=O) groups excluding carboxylic acids is 1. The lowest BCUT2D eigenvalue weighted by Gasteiger charge is -2.16. The molecule has 2 nitrogen and oxygen atoms in total. The van der Waals surface area contributed by atoms with Crippen molar-refractivity contribution in [3.05, 3.63) is 17.9 Å². The zero-order valence-corrected chi connectivity index (χ0v) is 8.18. The zero-order valence-electron chi connectivity index (χ0n) is 8.18. The van der Waals surface area contributed by atoms with Gasteiger partial charge in [-0.25, -0.2) is 0 Å². The largest absolute Gasteiger partial charge is 0.465 e. The van der Waals surface area contributed by atoms with Crippen molar-refractivity contribution >= 4 is 5.97 Å². The van der Waals surface area contributed by atoms with Gasteiger partial charge in [-0.2, -0.15) is 0 Å². The minimum absolute atomic E-state index is 0.209. The van der Waals surface area contributed by atoms with Gasteiger partial charge in [-0.05, 0) is 39.8 Å². The van der Waals surface area contributed by atoms with Gasteiger partial charge in [0.25, 0.3) is 0 Å². The second kappa shape index (κ2) is 4.78. The number of hydrogen-bond donors (Lipinski definition) is 0. The number of rotatable bonds is 3. The summed E-state index contributed by atoms with van der Waals surface area (Å²) in [5, 5.41) is 0. The van der Waals surface area contributed by atoms with Crippen LogP contribution in [0, 0.1) is 5.41 Å². The molecule has 0 N–H and O–H groups in total. The van der Waals surface area contributed by atoms with Gasteiger partial charge in [0.15, 0.2) is 0 Å². The van der Waals surface area contributed by atoms with E-state index in [9.17, 15) is 4.79 Å². The van der Waals surface area contributed by atoms with Crippen LogP contribution in [-0.2, 0) is 9.53 Å². The molecule has 0 aromatic rings. The fraction of sp³-hybridized carbons (Fsp3) is 0.600. The molecular weight excluding hydrogens is 152 g/mol. The van der Waals surface area contributed by atoms with E-state index in [1.54, 1.807) is 19.1 Å². The van der Waals surface area contributed by atoms with Crippen LogP contribution < -0.4 is 0 Å². The van der Waals surface area contributed by atoms with Crippen molar-refractivity contribution < 1.29 is 9.53 Å². The molecule has 0 bridgehead atoms. The molecule has 0 rings (SSSR count). The molecule has 0 saturated heterocycles. The highest BCUT2D eigenvalue weighted by molar-refractivity contribution is 5.78. The molecule has 0 aliphatic rings. The lowest BCUT2D eigenvalue weighted by molar-refractivity contribution is -0.150. The Balaban J connectivity index is 4.39. The van der Waals surface area contributed by atoms with Crippen molar-refractivity contribution in [1.29, 1.82) is 0 Å². The highest BCUT2D eigenvalue weighted by Gasteiger charge is 2.25. The SMILES string of the molecule is CC=C=CC(C)(C)C(=O)OCC. The second-order valence-electron chi connectivity index (χ2n) is 3.04. The first-order valence-electron chi connectivity index (χ1n) is 4.10. The highest BCUT2D eigenvalue weighted by atomic mass is 16.5. The first-order valence-corrected chi connectivity index (χ1v) is 4.10. The van der Waals surface area contributed by atoms with Gasteiger partial charge < -0.3 is 4.74 Å². The topological polar surface area (TPSA) is 26.3 Å². The summed E-state index contributed by atoms with van der Waals surface area (Å²) in [7, 11) is 0. The molecule has 0 amide bonds. The van der Waals surface area contributed by atoms with Crippen LogP contribution in [0.2, 0.25) is 0 Å². The maximum Gasteiger partial charge on any atom is 0.315 e. The van der Waals surface area contributed by atoms with E-state index >= 15 is 0 Å². The quantitative estimate of drug-likeness (QED) is 0.477. The van der Waals surface area contributed by atoms with Crippen molar-refractivity contribution in [3.8, 4) is 0 Å². The monoisotopic (exact) mass is 168 g/mol. The Hall–Kier alpha value is -1.01. The summed E-state index contributed by atoms with van der Waals surface area (Å²) >= 11 is 0. The minimum Gasteiger partial charge on any atom is -0.465 e. The Kier molecular flexibility index (Phi) is 4.38. The highest BCUT2D eigenvalue weighted by Crippen LogP contribution is 2.18. The summed E-state index contributed by atoms with van der Waals surface area (Å²) in [5.74, 6) is -0.209. The lowest BCUT2D eigenvalue weighted by Crippen LogP contribution is -2.24. The number of carbonyl (C=O) groups is 1. The van der Waals surface area contributed by atoms with E-state index in [1.165, 1.54) is 0 Å². The van der Waals surface area contributed by atoms with Crippen molar-refractivity contribution in [2.24, 2.45) is 5.41 Å². The number of hydrogen-bond acceptors (Lipinski definition) is 2. The normalized spacial score (nSPS) is 10.0. The lowest BCUT2D eigenvalue weighted by atomic mass is 9.94. The number of esters is 1. The smallest absolute Gasteiger partial charge is 0.315 e. The third kappa shape index (κ3) is 3.40. The Morgan fingerprint density at radius 3 is 2.58 bits per heavy atom. The average molecular weight is 168 g/mol. The van der Waals surface area contributed by atoms with Crippen molar-refractivity contribution in [1.82, 2.24) is 0 Å². The van der Waals surface area contributed by atoms with Gasteiger partial charge in [-0.3, -0.25) is 4.79 Å². The molecule has 0 aliphatic carbocycles. The van der Waals surface area contributed by atoms with Crippen LogP contribution in [0.3, 0.4) is 0 Å². The van der Waals surface area contributed by atoms with Gasteiger partial charge >= 0.3 is 5.97 Å². The van der Waals surface area contributed by atoms with Gasteiger partial charge in [0.1, 0.15) is 0 Å². The standard InChI is InChI=1S/C10H16O2/c1-5-7-8-10(3,4)9(11)12-6-2/h5,8H,6H2,1-4H3. The van der Waals surface area contributed by atoms with Crippen LogP contribution in [-0.4, -0.2) is 12.6 Å². The average Bonchev–Trinajstić information content (AvgIpc) is 2.01. The molecule has 12 heavy (non-hydrogen) atoms. The molecular formula is C10H16O2. The molecule has 0 radical (unpaired) electrons. The molecule has 0 atom stereocenters. The van der Waals surface area contributed by atoms with Crippen LogP contribution in [0.4, 0.5) is 0 Å². The van der Waals surface area contributed by atoms with E-state index in [0.717, 1.165) is 0 Å². The van der Waals surface area contributed by atoms with Crippen molar-refractivity contribution in [3.63, 3.8) is 0 Å². The third-order valence-electron chi connectivity index (χ3n) is 1.41. The molecule has 0 spiro atoms. The fourth-order valence-corrected chi connectivity index (χ4v) is 0.668. The van der Waals surface area contributed by atoms with Gasteiger partial charge in [0.2, 0.25) is 0 Å². The first-order chi connectivity index (χ1) is 5.54. The predicted molar refractivity (Wildman–Crippen MR) is 48.7 cm³/mol. The summed E-state index contributed by atoms with van der Waals surface area (Å²) in [4.78, 5) is 11.3. The van der Waals surface area contributed by atoms with Crippen LogP contribution in [0.25, 0.3) is 0 Å². The fourth-order valence-electron chi connectivity index (χ4n) is 0.668. The molecule has 0 aliphatic heterocycles. The van der Waals surface area contributed by atoms with E-state index in [4.69, 9.17) is 4.74 Å². The number of ether oxygens (including phenoxy) is 1. The summed E-state index contributed by atoms with van der Waals surface area (Å²) in [6.45, 7) is 7.69. The van der Waals surface area contributed by atoms with E-state index in [2.05, 4.69) is 5.73 Å². The van der Waals surface area contributed by atoms with Gasteiger partial charge in [0, 0.05) is 0 Å². The van der Waals surface area contributed by atoms with Crippen molar-refractivity contribution in [2.75, 3.05) is 6.61 Å².